The number of carbonyl (C=O) groups is 6. The first-order valence-corrected chi connectivity index (χ1v) is 23.6. The van der Waals surface area contributed by atoms with Gasteiger partial charge in [-0.2, -0.15) is 13.2 Å². The van der Waals surface area contributed by atoms with Crippen LogP contribution in [0.2, 0.25) is 0 Å². The molecule has 0 unspecified atom stereocenters. The average molecular weight is 984 g/mol. The number of alkyl halides is 3. The smallest absolute Gasteiger partial charge is 0.379 e. The van der Waals surface area contributed by atoms with Crippen LogP contribution in [-0.2, 0) is 49.2 Å². The lowest BCUT2D eigenvalue weighted by Crippen LogP contribution is -2.59. The van der Waals surface area contributed by atoms with Gasteiger partial charge in [0.2, 0.25) is 35.4 Å². The number of rotatable bonds is 24. The zero-order valence-corrected chi connectivity index (χ0v) is 40.0. The van der Waals surface area contributed by atoms with Crippen molar-refractivity contribution in [2.45, 2.75) is 94.8 Å². The van der Waals surface area contributed by atoms with Gasteiger partial charge in [0.1, 0.15) is 24.8 Å². The van der Waals surface area contributed by atoms with Crippen molar-refractivity contribution in [1.29, 1.82) is 0 Å². The van der Waals surface area contributed by atoms with Gasteiger partial charge in [-0.1, -0.05) is 6.07 Å². The highest BCUT2D eigenvalue weighted by molar-refractivity contribution is 5.94. The second-order valence-corrected chi connectivity index (χ2v) is 17.9. The molecule has 2 aromatic heterocycles. The number of hydrogen-bond acceptors (Lipinski definition) is 14. The molecule has 1 aliphatic carbocycles. The van der Waals surface area contributed by atoms with Crippen molar-refractivity contribution in [1.82, 2.24) is 50.9 Å². The van der Waals surface area contributed by atoms with Gasteiger partial charge in [-0.15, -0.1) is 0 Å². The molecular formula is C47H64F3N11O9. The summed E-state index contributed by atoms with van der Waals surface area (Å²) < 4.78 is 57.1. The van der Waals surface area contributed by atoms with Crippen LogP contribution in [0.1, 0.15) is 69.5 Å². The standard InChI is InChI=1S/C47H64F3N11O9/c1-29(2)59(3)32-8-10-38(61-16-11-36(46(61)67)58-44-33-22-31(47(48,49)50)7-9-35(33)55-28-56-44)37(23-32)57-41(64)27-70-19-14-52-40(63)26-54-39(62)12-17-68-20-21-69-18-15-53-45(66)34-24-42(65)60(4)43(34)30-6-5-13-51-25-30/h5-7,9,13,22,25,28-29,32,34,36-38,43H,8,10-12,14-21,23-24,26-27H2,1-4H3,(H,52,63)(H,53,66)(H,54,62)(H,57,64)(H,55,56,58)/t32-,34+,36+,37-,38+,43-/m1/s1. The van der Waals surface area contributed by atoms with E-state index >= 15 is 0 Å². The third-order valence-electron chi connectivity index (χ3n) is 13.0. The Morgan fingerprint density at radius 3 is 2.40 bits per heavy atom. The van der Waals surface area contributed by atoms with E-state index in [1.54, 1.807) is 35.3 Å². The highest BCUT2D eigenvalue weighted by Gasteiger charge is 2.44. The minimum Gasteiger partial charge on any atom is -0.379 e. The monoisotopic (exact) mass is 983 g/mol. The molecule has 0 spiro atoms. The van der Waals surface area contributed by atoms with Crippen LogP contribution in [0.15, 0.2) is 49.1 Å². The average Bonchev–Trinajstić information content (AvgIpc) is 3.85. The molecule has 1 saturated carbocycles. The topological polar surface area (TPSA) is 239 Å². The van der Waals surface area contributed by atoms with E-state index in [-0.39, 0.29) is 125 Å². The summed E-state index contributed by atoms with van der Waals surface area (Å²) in [4.78, 5) is 94.9. The highest BCUT2D eigenvalue weighted by atomic mass is 19.4. The SMILES string of the molecule is CC(C)N(C)[C@@H]1CC[C@H](N2CC[C@H](Nc3ncnc4ccc(C(F)(F)F)cc34)C2=O)[C@H](NC(=O)COCCNC(=O)CNC(=O)CCOCCOCCNC(=O)[C@H]2CC(=O)N(C)[C@@H]2c2cccnc2)C1. The lowest BCUT2D eigenvalue weighted by atomic mass is 9.84. The fourth-order valence-corrected chi connectivity index (χ4v) is 9.11. The molecule has 70 heavy (non-hydrogen) atoms. The Morgan fingerprint density at radius 2 is 1.66 bits per heavy atom. The van der Waals surface area contributed by atoms with Gasteiger partial charge in [-0.05, 0) is 76.4 Å². The van der Waals surface area contributed by atoms with E-state index in [0.717, 1.165) is 24.1 Å². The molecule has 3 aromatic rings. The fourth-order valence-electron chi connectivity index (χ4n) is 9.11. The third kappa shape index (κ3) is 14.5. The predicted molar refractivity (Wildman–Crippen MR) is 248 cm³/mol. The number of halogens is 3. The number of ether oxygens (including phenoxy) is 3. The molecule has 6 rings (SSSR count). The number of likely N-dealkylation sites (tertiary alicyclic amines) is 2. The molecule has 3 aliphatic rings. The largest absolute Gasteiger partial charge is 0.416 e. The van der Waals surface area contributed by atoms with Crippen LogP contribution in [0.4, 0.5) is 19.0 Å². The predicted octanol–water partition coefficient (Wildman–Crippen LogP) is 1.81. The maximum absolute atomic E-state index is 13.9. The van der Waals surface area contributed by atoms with Gasteiger partial charge in [0, 0.05) is 69.4 Å². The Balaban J connectivity index is 0.837. The zero-order valence-electron chi connectivity index (χ0n) is 40.0. The Labute approximate surface area is 404 Å². The molecule has 1 aromatic carbocycles. The Bertz CT molecular complexity index is 2280. The minimum atomic E-state index is -4.57. The van der Waals surface area contributed by atoms with E-state index in [1.165, 1.54) is 12.4 Å². The molecule has 3 fully saturated rings. The number of nitrogens with one attached hydrogen (secondary N) is 5. The van der Waals surface area contributed by atoms with Gasteiger partial charge in [-0.25, -0.2) is 9.97 Å². The minimum absolute atomic E-state index is 0.0174. The first-order chi connectivity index (χ1) is 33.5. The number of hydrogen-bond donors (Lipinski definition) is 5. The van der Waals surface area contributed by atoms with Crippen molar-refractivity contribution in [3.63, 3.8) is 0 Å². The number of aromatic nitrogens is 3. The van der Waals surface area contributed by atoms with Crippen LogP contribution in [-0.4, -0.2) is 175 Å². The Morgan fingerprint density at radius 1 is 0.900 bits per heavy atom. The molecule has 5 N–H and O–H groups in total. The molecule has 0 bridgehead atoms. The van der Waals surface area contributed by atoms with Crippen LogP contribution in [0.3, 0.4) is 0 Å². The summed E-state index contributed by atoms with van der Waals surface area (Å²) in [5, 5.41) is 14.3. The first kappa shape index (κ1) is 53.3. The summed E-state index contributed by atoms with van der Waals surface area (Å²) in [5.41, 5.74) is 0.249. The quantitative estimate of drug-likeness (QED) is 0.0806. The van der Waals surface area contributed by atoms with Gasteiger partial charge in [-0.3, -0.25) is 33.8 Å². The number of nitrogens with zero attached hydrogens (tertiary/aromatic N) is 6. The highest BCUT2D eigenvalue weighted by Crippen LogP contribution is 2.37. The van der Waals surface area contributed by atoms with E-state index in [0.29, 0.717) is 31.3 Å². The van der Waals surface area contributed by atoms with Crippen molar-refractivity contribution in [2.75, 3.05) is 85.2 Å². The third-order valence-corrected chi connectivity index (χ3v) is 13.0. The molecule has 6 amide bonds. The van der Waals surface area contributed by atoms with Crippen LogP contribution in [0, 0.1) is 5.92 Å². The number of anilines is 1. The summed E-state index contributed by atoms with van der Waals surface area (Å²) in [6, 6.07) is 5.31. The molecule has 4 heterocycles. The van der Waals surface area contributed by atoms with E-state index in [9.17, 15) is 41.9 Å². The molecular weight excluding hydrogens is 920 g/mol. The maximum Gasteiger partial charge on any atom is 0.416 e. The van der Waals surface area contributed by atoms with Crippen LogP contribution >= 0.6 is 0 Å². The van der Waals surface area contributed by atoms with Gasteiger partial charge < -0.3 is 55.5 Å². The lowest BCUT2D eigenvalue weighted by molar-refractivity contribution is -0.137. The summed E-state index contributed by atoms with van der Waals surface area (Å²) in [6.45, 7) is 5.12. The van der Waals surface area contributed by atoms with E-state index in [1.807, 2.05) is 13.1 Å². The molecule has 382 valence electrons. The van der Waals surface area contributed by atoms with Crippen LogP contribution in [0.5, 0.6) is 0 Å². The van der Waals surface area contributed by atoms with Crippen molar-refractivity contribution >= 4 is 52.2 Å². The van der Waals surface area contributed by atoms with Crippen LogP contribution < -0.4 is 26.6 Å². The maximum atomic E-state index is 13.9. The Kier molecular flexibility index (Phi) is 19.2. The van der Waals surface area contributed by atoms with Crippen molar-refractivity contribution in [3.8, 4) is 0 Å². The summed E-state index contributed by atoms with van der Waals surface area (Å²) in [6.07, 6.45) is 2.45. The van der Waals surface area contributed by atoms with E-state index < -0.39 is 47.6 Å². The van der Waals surface area contributed by atoms with Crippen molar-refractivity contribution in [2.24, 2.45) is 5.92 Å². The summed E-state index contributed by atoms with van der Waals surface area (Å²) >= 11 is 0. The van der Waals surface area contributed by atoms with Gasteiger partial charge in [0.25, 0.3) is 0 Å². The molecule has 6 atom stereocenters. The van der Waals surface area contributed by atoms with E-state index in [2.05, 4.69) is 60.3 Å². The van der Waals surface area contributed by atoms with Crippen molar-refractivity contribution in [3.05, 3.63) is 60.2 Å². The van der Waals surface area contributed by atoms with E-state index in [4.69, 9.17) is 14.2 Å². The first-order valence-electron chi connectivity index (χ1n) is 23.6. The second-order valence-electron chi connectivity index (χ2n) is 17.9. The summed E-state index contributed by atoms with van der Waals surface area (Å²) in [7, 11) is 3.70. The number of amides is 6. The molecule has 20 nitrogen and oxygen atoms in total. The number of pyridine rings is 1. The van der Waals surface area contributed by atoms with Gasteiger partial charge >= 0.3 is 6.18 Å². The summed E-state index contributed by atoms with van der Waals surface area (Å²) in [5.74, 6) is -2.23. The fraction of sp³-hybridized carbons (Fsp3) is 0.596. The number of carbonyl (C=O) groups excluding carboxylic acids is 6. The second kappa shape index (κ2) is 25.2. The molecule has 2 saturated heterocycles. The molecule has 0 radical (unpaired) electrons. The number of fused-ring (bicyclic) bond motifs is 1. The zero-order chi connectivity index (χ0) is 50.4. The molecule has 2 aliphatic heterocycles. The van der Waals surface area contributed by atoms with Crippen LogP contribution in [0.25, 0.3) is 10.9 Å². The van der Waals surface area contributed by atoms with Gasteiger partial charge in [0.15, 0.2) is 0 Å². The van der Waals surface area contributed by atoms with Crippen molar-refractivity contribution < 1.29 is 56.1 Å². The lowest BCUT2D eigenvalue weighted by Gasteiger charge is -2.44. The van der Waals surface area contributed by atoms with Gasteiger partial charge in [0.05, 0.1) is 74.7 Å². The normalized spacial score (nSPS) is 21.7. The number of benzene rings is 1. The molecule has 23 heteroatoms. The Hall–Kier alpha value is -6.04.